The second kappa shape index (κ2) is 5.59. The lowest BCUT2D eigenvalue weighted by atomic mass is 10.1. The molecule has 2 nitrogen and oxygen atoms in total. The number of ether oxygens (including phenoxy) is 1. The summed E-state index contributed by atoms with van der Waals surface area (Å²) in [6, 6.07) is 19.7. The highest BCUT2D eigenvalue weighted by molar-refractivity contribution is 9.10. The Hall–Kier alpha value is -2.31. The maximum absolute atomic E-state index is 9.22. The number of para-hydroxylation sites is 1. The lowest BCUT2D eigenvalue weighted by Gasteiger charge is -2.13. The van der Waals surface area contributed by atoms with Gasteiger partial charge in [0.2, 0.25) is 0 Å². The molecule has 3 aromatic rings. The Morgan fingerprint density at radius 2 is 1.81 bits per heavy atom. The molecule has 0 unspecified atom stereocenters. The van der Waals surface area contributed by atoms with Crippen molar-refractivity contribution in [1.29, 1.82) is 5.26 Å². The first-order chi connectivity index (χ1) is 10.2. The zero-order valence-electron chi connectivity index (χ0n) is 11.4. The van der Waals surface area contributed by atoms with E-state index in [-0.39, 0.29) is 0 Å². The molecule has 0 radical (unpaired) electrons. The van der Waals surface area contributed by atoms with Gasteiger partial charge in [0.15, 0.2) is 0 Å². The number of nitrogens with zero attached hydrogens (tertiary/aromatic N) is 1. The fourth-order valence-corrected chi connectivity index (χ4v) is 2.85. The summed E-state index contributed by atoms with van der Waals surface area (Å²) in [5, 5.41) is 11.4. The summed E-state index contributed by atoms with van der Waals surface area (Å²) in [5.41, 5.74) is 1.48. The third-order valence-electron chi connectivity index (χ3n) is 3.37. The van der Waals surface area contributed by atoms with Crippen LogP contribution in [0.2, 0.25) is 0 Å². The van der Waals surface area contributed by atoms with E-state index in [9.17, 15) is 5.26 Å². The zero-order chi connectivity index (χ0) is 14.8. The second-order valence-electron chi connectivity index (χ2n) is 4.76. The number of hydrogen-bond acceptors (Lipinski definition) is 2. The minimum atomic E-state index is 0.537. The topological polar surface area (TPSA) is 33.0 Å². The number of rotatable bonds is 2. The quantitative estimate of drug-likeness (QED) is 0.611. The molecular weight excluding hydrogens is 326 g/mol. The standard InChI is InChI=1S/C18H12BrNO/c1-12-5-4-7-14(11-20)18(12)21-16-10-9-13-6-2-3-8-15(13)17(16)19/h2-10H,1H3. The van der Waals surface area contributed by atoms with Gasteiger partial charge in [-0.25, -0.2) is 0 Å². The fraction of sp³-hybridized carbons (Fsp3) is 0.0556. The van der Waals surface area contributed by atoms with Gasteiger partial charge in [0.05, 0.1) is 10.0 Å². The molecule has 0 atom stereocenters. The van der Waals surface area contributed by atoms with E-state index < -0.39 is 0 Å². The van der Waals surface area contributed by atoms with Crippen LogP contribution in [0.1, 0.15) is 11.1 Å². The third-order valence-corrected chi connectivity index (χ3v) is 4.19. The number of aryl methyl sites for hydroxylation is 1. The summed E-state index contributed by atoms with van der Waals surface area (Å²) in [7, 11) is 0. The zero-order valence-corrected chi connectivity index (χ0v) is 13.0. The van der Waals surface area contributed by atoms with Crippen molar-refractivity contribution < 1.29 is 4.74 Å². The molecule has 0 amide bonds. The Morgan fingerprint density at radius 3 is 2.62 bits per heavy atom. The molecule has 0 saturated carbocycles. The van der Waals surface area contributed by atoms with Crippen molar-refractivity contribution in [3.05, 3.63) is 70.2 Å². The Morgan fingerprint density at radius 1 is 1.00 bits per heavy atom. The number of halogens is 1. The maximum atomic E-state index is 9.22. The van der Waals surface area contributed by atoms with Crippen molar-refractivity contribution in [2.75, 3.05) is 0 Å². The first-order valence-electron chi connectivity index (χ1n) is 6.55. The molecule has 21 heavy (non-hydrogen) atoms. The summed E-state index contributed by atoms with van der Waals surface area (Å²) in [6.07, 6.45) is 0. The molecule has 3 heteroatoms. The molecule has 0 N–H and O–H groups in total. The van der Waals surface area contributed by atoms with E-state index >= 15 is 0 Å². The van der Waals surface area contributed by atoms with Gasteiger partial charge < -0.3 is 4.74 Å². The molecule has 0 aliphatic heterocycles. The van der Waals surface area contributed by atoms with Crippen molar-refractivity contribution in [3.8, 4) is 17.6 Å². The predicted molar refractivity (Wildman–Crippen MR) is 87.6 cm³/mol. The van der Waals surface area contributed by atoms with Gasteiger partial charge in [0.25, 0.3) is 0 Å². The average Bonchev–Trinajstić information content (AvgIpc) is 2.52. The van der Waals surface area contributed by atoms with E-state index in [1.165, 1.54) is 0 Å². The van der Waals surface area contributed by atoms with Crippen LogP contribution in [0, 0.1) is 18.3 Å². The minimum Gasteiger partial charge on any atom is -0.454 e. The first-order valence-corrected chi connectivity index (χ1v) is 7.35. The number of fused-ring (bicyclic) bond motifs is 1. The van der Waals surface area contributed by atoms with Crippen LogP contribution in [0.5, 0.6) is 11.5 Å². The predicted octanol–water partition coefficient (Wildman–Crippen LogP) is 5.57. The van der Waals surface area contributed by atoms with Crippen LogP contribution >= 0.6 is 15.9 Å². The molecule has 0 spiro atoms. The fourth-order valence-electron chi connectivity index (χ4n) is 2.28. The Balaban J connectivity index is 2.11. The average molecular weight is 338 g/mol. The number of hydrogen-bond donors (Lipinski definition) is 0. The van der Waals surface area contributed by atoms with Crippen molar-refractivity contribution in [3.63, 3.8) is 0 Å². The van der Waals surface area contributed by atoms with Gasteiger partial charge >= 0.3 is 0 Å². The Kier molecular flexibility index (Phi) is 3.64. The van der Waals surface area contributed by atoms with Crippen LogP contribution in [0.3, 0.4) is 0 Å². The lowest BCUT2D eigenvalue weighted by molar-refractivity contribution is 0.475. The van der Waals surface area contributed by atoms with Gasteiger partial charge in [-0.1, -0.05) is 42.5 Å². The van der Waals surface area contributed by atoms with Crippen LogP contribution in [0.4, 0.5) is 0 Å². The van der Waals surface area contributed by atoms with Crippen molar-refractivity contribution in [2.45, 2.75) is 6.92 Å². The molecule has 0 aromatic heterocycles. The largest absolute Gasteiger partial charge is 0.454 e. The van der Waals surface area contributed by atoms with Gasteiger partial charge in [-0.2, -0.15) is 5.26 Å². The van der Waals surface area contributed by atoms with Crippen LogP contribution in [0.15, 0.2) is 59.1 Å². The van der Waals surface area contributed by atoms with E-state index in [1.54, 1.807) is 6.07 Å². The van der Waals surface area contributed by atoms with Crippen molar-refractivity contribution in [2.24, 2.45) is 0 Å². The van der Waals surface area contributed by atoms with Crippen LogP contribution in [0.25, 0.3) is 10.8 Å². The number of nitriles is 1. The van der Waals surface area contributed by atoms with E-state index in [0.29, 0.717) is 17.1 Å². The Labute approximate surface area is 131 Å². The van der Waals surface area contributed by atoms with Crippen LogP contribution in [-0.2, 0) is 0 Å². The molecule has 0 aliphatic rings. The molecule has 0 fully saturated rings. The molecule has 0 saturated heterocycles. The molecule has 102 valence electrons. The molecular formula is C18H12BrNO. The van der Waals surface area contributed by atoms with E-state index in [0.717, 1.165) is 20.8 Å². The van der Waals surface area contributed by atoms with Crippen LogP contribution in [-0.4, -0.2) is 0 Å². The van der Waals surface area contributed by atoms with E-state index in [4.69, 9.17) is 4.74 Å². The highest BCUT2D eigenvalue weighted by atomic mass is 79.9. The molecule has 0 bridgehead atoms. The number of benzene rings is 3. The highest BCUT2D eigenvalue weighted by Gasteiger charge is 2.11. The normalized spacial score (nSPS) is 10.3. The molecule has 0 heterocycles. The smallest absolute Gasteiger partial charge is 0.148 e. The third kappa shape index (κ3) is 2.51. The summed E-state index contributed by atoms with van der Waals surface area (Å²) < 4.78 is 6.90. The van der Waals surface area contributed by atoms with Gasteiger partial charge in [0, 0.05) is 0 Å². The molecule has 3 aromatic carbocycles. The monoisotopic (exact) mass is 337 g/mol. The summed E-state index contributed by atoms with van der Waals surface area (Å²) in [5.74, 6) is 1.32. The van der Waals surface area contributed by atoms with Crippen molar-refractivity contribution >= 4 is 26.7 Å². The van der Waals surface area contributed by atoms with E-state index in [1.807, 2.05) is 49.4 Å². The Bertz CT molecular complexity index is 865. The molecule has 0 aliphatic carbocycles. The first kappa shape index (κ1) is 13.7. The second-order valence-corrected chi connectivity index (χ2v) is 5.56. The van der Waals surface area contributed by atoms with Gasteiger partial charge in [-0.05, 0) is 51.3 Å². The molecule has 3 rings (SSSR count). The lowest BCUT2D eigenvalue weighted by Crippen LogP contribution is -1.92. The highest BCUT2D eigenvalue weighted by Crippen LogP contribution is 2.37. The van der Waals surface area contributed by atoms with Crippen LogP contribution < -0.4 is 4.74 Å². The van der Waals surface area contributed by atoms with Gasteiger partial charge in [-0.15, -0.1) is 0 Å². The SMILES string of the molecule is Cc1cccc(C#N)c1Oc1ccc2ccccc2c1Br. The minimum absolute atomic E-state index is 0.537. The summed E-state index contributed by atoms with van der Waals surface area (Å²) in [4.78, 5) is 0. The summed E-state index contributed by atoms with van der Waals surface area (Å²) >= 11 is 3.60. The van der Waals surface area contributed by atoms with Gasteiger partial charge in [0.1, 0.15) is 17.6 Å². The maximum Gasteiger partial charge on any atom is 0.148 e. The summed E-state index contributed by atoms with van der Waals surface area (Å²) in [6.45, 7) is 1.94. The van der Waals surface area contributed by atoms with Crippen molar-refractivity contribution in [1.82, 2.24) is 0 Å². The van der Waals surface area contributed by atoms with E-state index in [2.05, 4.69) is 28.1 Å². The van der Waals surface area contributed by atoms with Gasteiger partial charge in [-0.3, -0.25) is 0 Å².